The Morgan fingerprint density at radius 1 is 0.786 bits per heavy atom. The Morgan fingerprint density at radius 2 is 1.32 bits per heavy atom. The van der Waals surface area contributed by atoms with Crippen LogP contribution in [0.15, 0.2) is 78.9 Å². The number of hydrogen-bond acceptors (Lipinski definition) is 1. The number of quaternary nitrogens is 1. The molecular formula is C24H24N3O+. The summed E-state index contributed by atoms with van der Waals surface area (Å²) in [5.74, 6) is 0. The van der Waals surface area contributed by atoms with Crippen molar-refractivity contribution in [2.24, 2.45) is 0 Å². The van der Waals surface area contributed by atoms with Crippen LogP contribution in [0.4, 0.5) is 10.5 Å². The second kappa shape index (κ2) is 7.13. The van der Waals surface area contributed by atoms with Gasteiger partial charge in [0.1, 0.15) is 6.04 Å². The molecule has 140 valence electrons. The summed E-state index contributed by atoms with van der Waals surface area (Å²) >= 11 is 0. The van der Waals surface area contributed by atoms with Crippen LogP contribution in [0, 0.1) is 0 Å². The van der Waals surface area contributed by atoms with E-state index in [1.165, 1.54) is 22.3 Å². The highest BCUT2D eigenvalue weighted by atomic mass is 16.2. The minimum atomic E-state index is -0.00234. The molecule has 0 spiro atoms. The number of nitrogens with one attached hydrogen (secondary N) is 2. The third-order valence-electron chi connectivity index (χ3n) is 5.96. The number of para-hydroxylation sites is 1. The summed E-state index contributed by atoms with van der Waals surface area (Å²) in [6.45, 7) is 3.45. The molecule has 1 aliphatic heterocycles. The second-order valence-electron chi connectivity index (χ2n) is 7.55. The molecule has 1 fully saturated rings. The van der Waals surface area contributed by atoms with Crippen molar-refractivity contribution in [1.29, 1.82) is 0 Å². The molecule has 0 saturated carbocycles. The fraction of sp³-hybridized carbons (Fsp3) is 0.208. The van der Waals surface area contributed by atoms with Gasteiger partial charge in [-0.25, -0.2) is 4.79 Å². The normalized spacial score (nSPS) is 16.5. The number of hydrogen-bond donors (Lipinski definition) is 2. The number of carbonyl (C=O) groups excluding carboxylic acids is 1. The largest absolute Gasteiger partial charge is 0.322 e. The number of urea groups is 1. The Kier molecular flexibility index (Phi) is 4.34. The lowest BCUT2D eigenvalue weighted by molar-refractivity contribution is -0.928. The molecule has 3 aromatic rings. The Morgan fingerprint density at radius 3 is 1.93 bits per heavy atom. The van der Waals surface area contributed by atoms with Crippen molar-refractivity contribution in [3.63, 3.8) is 0 Å². The molecule has 1 saturated heterocycles. The van der Waals surface area contributed by atoms with Gasteiger partial charge in [-0.3, -0.25) is 0 Å². The highest BCUT2D eigenvalue weighted by Gasteiger charge is 2.38. The van der Waals surface area contributed by atoms with Crippen molar-refractivity contribution in [1.82, 2.24) is 4.90 Å². The standard InChI is InChI=1S/C24H23N3O/c28-24(25-18-8-2-1-3-9-18)27-16-14-26(15-17-27)23-21-12-6-4-10-19(21)20-11-5-7-13-22(20)23/h1-13,23H,14-17H2,(H,25,28)/p+1. The maximum Gasteiger partial charge on any atom is 0.322 e. The lowest BCUT2D eigenvalue weighted by Gasteiger charge is -2.36. The molecule has 1 heterocycles. The van der Waals surface area contributed by atoms with E-state index in [1.807, 2.05) is 35.2 Å². The summed E-state index contributed by atoms with van der Waals surface area (Å²) in [6.07, 6.45) is 0. The van der Waals surface area contributed by atoms with Gasteiger partial charge in [0.15, 0.2) is 0 Å². The van der Waals surface area contributed by atoms with Crippen molar-refractivity contribution >= 4 is 11.7 Å². The van der Waals surface area contributed by atoms with Gasteiger partial charge in [0, 0.05) is 16.8 Å². The molecule has 0 bridgehead atoms. The van der Waals surface area contributed by atoms with E-state index in [4.69, 9.17) is 0 Å². The average molecular weight is 370 g/mol. The summed E-state index contributed by atoms with van der Waals surface area (Å²) in [7, 11) is 0. The summed E-state index contributed by atoms with van der Waals surface area (Å²) in [5.41, 5.74) is 6.40. The van der Waals surface area contributed by atoms with Crippen LogP contribution in [0.2, 0.25) is 0 Å². The highest BCUT2D eigenvalue weighted by molar-refractivity contribution is 5.89. The van der Waals surface area contributed by atoms with Gasteiger partial charge >= 0.3 is 6.03 Å². The Hall–Kier alpha value is -3.11. The number of carbonyl (C=O) groups is 1. The number of nitrogens with zero attached hydrogens (tertiary/aromatic N) is 1. The first-order chi connectivity index (χ1) is 13.8. The zero-order chi connectivity index (χ0) is 18.9. The molecular weight excluding hydrogens is 346 g/mol. The van der Waals surface area contributed by atoms with Crippen molar-refractivity contribution in [2.75, 3.05) is 31.5 Å². The zero-order valence-corrected chi connectivity index (χ0v) is 15.8. The fourth-order valence-electron chi connectivity index (χ4n) is 4.61. The van der Waals surface area contributed by atoms with Gasteiger partial charge in [-0.15, -0.1) is 0 Å². The molecule has 2 amide bonds. The van der Waals surface area contributed by atoms with Crippen LogP contribution in [0.3, 0.4) is 0 Å². The lowest BCUT2D eigenvalue weighted by atomic mass is 10.0. The molecule has 2 N–H and O–H groups in total. The van der Waals surface area contributed by atoms with Gasteiger partial charge in [-0.1, -0.05) is 66.7 Å². The number of rotatable bonds is 2. The van der Waals surface area contributed by atoms with Crippen LogP contribution in [-0.4, -0.2) is 37.1 Å². The van der Waals surface area contributed by atoms with Crippen LogP contribution in [-0.2, 0) is 0 Å². The van der Waals surface area contributed by atoms with Crippen LogP contribution in [0.25, 0.3) is 11.1 Å². The first-order valence-corrected chi connectivity index (χ1v) is 9.95. The number of fused-ring (bicyclic) bond motifs is 3. The van der Waals surface area contributed by atoms with Gasteiger partial charge in [-0.2, -0.15) is 0 Å². The van der Waals surface area contributed by atoms with Gasteiger partial charge in [0.25, 0.3) is 0 Å². The molecule has 3 aromatic carbocycles. The van der Waals surface area contributed by atoms with Crippen molar-refractivity contribution in [3.05, 3.63) is 90.0 Å². The topological polar surface area (TPSA) is 36.8 Å². The number of anilines is 1. The van der Waals surface area contributed by atoms with E-state index in [0.717, 1.165) is 31.9 Å². The molecule has 2 aliphatic rings. The van der Waals surface area contributed by atoms with E-state index in [2.05, 4.69) is 53.8 Å². The fourth-order valence-corrected chi connectivity index (χ4v) is 4.61. The Labute approximate surface area is 165 Å². The average Bonchev–Trinajstić information content (AvgIpc) is 3.09. The maximum atomic E-state index is 12.6. The molecule has 1 aliphatic carbocycles. The summed E-state index contributed by atoms with van der Waals surface area (Å²) in [6, 6.07) is 27.6. The summed E-state index contributed by atoms with van der Waals surface area (Å²) < 4.78 is 0. The third kappa shape index (κ3) is 2.96. The molecule has 0 radical (unpaired) electrons. The number of piperazine rings is 1. The quantitative estimate of drug-likeness (QED) is 0.714. The maximum absolute atomic E-state index is 12.6. The predicted molar refractivity (Wildman–Crippen MR) is 111 cm³/mol. The minimum absolute atomic E-state index is 0.00234. The second-order valence-corrected chi connectivity index (χ2v) is 7.55. The van der Waals surface area contributed by atoms with Crippen molar-refractivity contribution in [2.45, 2.75) is 6.04 Å². The summed E-state index contributed by atoms with van der Waals surface area (Å²) in [4.78, 5) is 16.1. The number of benzene rings is 3. The predicted octanol–water partition coefficient (Wildman–Crippen LogP) is 3.19. The van der Waals surface area contributed by atoms with Gasteiger partial charge in [0.05, 0.1) is 26.2 Å². The molecule has 5 rings (SSSR count). The van der Waals surface area contributed by atoms with E-state index >= 15 is 0 Å². The van der Waals surface area contributed by atoms with E-state index in [9.17, 15) is 4.79 Å². The highest BCUT2D eigenvalue weighted by Crippen LogP contribution is 2.41. The van der Waals surface area contributed by atoms with E-state index in [-0.39, 0.29) is 6.03 Å². The molecule has 0 aromatic heterocycles. The van der Waals surface area contributed by atoms with Crippen molar-refractivity contribution in [3.8, 4) is 11.1 Å². The van der Waals surface area contributed by atoms with Crippen LogP contribution in [0.5, 0.6) is 0 Å². The van der Waals surface area contributed by atoms with Gasteiger partial charge in [-0.05, 0) is 23.3 Å². The Balaban J connectivity index is 1.31. The van der Waals surface area contributed by atoms with Crippen LogP contribution < -0.4 is 10.2 Å². The monoisotopic (exact) mass is 370 g/mol. The van der Waals surface area contributed by atoms with Crippen LogP contribution in [0.1, 0.15) is 17.2 Å². The van der Waals surface area contributed by atoms with Gasteiger partial charge < -0.3 is 15.1 Å². The van der Waals surface area contributed by atoms with E-state index in [1.54, 1.807) is 4.90 Å². The third-order valence-corrected chi connectivity index (χ3v) is 5.96. The molecule has 4 heteroatoms. The molecule has 0 unspecified atom stereocenters. The summed E-state index contributed by atoms with van der Waals surface area (Å²) in [5, 5.41) is 3.01. The smallest absolute Gasteiger partial charge is 0.322 e. The number of amides is 2. The van der Waals surface area contributed by atoms with Crippen molar-refractivity contribution < 1.29 is 9.69 Å². The molecule has 28 heavy (non-hydrogen) atoms. The molecule has 4 nitrogen and oxygen atoms in total. The van der Waals surface area contributed by atoms with Gasteiger partial charge in [0.2, 0.25) is 0 Å². The molecule has 0 atom stereocenters. The first kappa shape index (κ1) is 17.0. The van der Waals surface area contributed by atoms with E-state index in [0.29, 0.717) is 6.04 Å². The van der Waals surface area contributed by atoms with E-state index < -0.39 is 0 Å². The minimum Gasteiger partial charge on any atom is -0.322 e. The zero-order valence-electron chi connectivity index (χ0n) is 15.8. The Bertz CT molecular complexity index is 948. The lowest BCUT2D eigenvalue weighted by Crippen LogP contribution is -3.15. The SMILES string of the molecule is O=C(Nc1ccccc1)N1CC[NH+](C2c3ccccc3-c3ccccc32)CC1. The van der Waals surface area contributed by atoms with Crippen LogP contribution >= 0.6 is 0 Å². The first-order valence-electron chi connectivity index (χ1n) is 9.95.